The molecule has 0 saturated carbocycles. The number of carbonyl (C=O) groups excluding carboxylic acids is 2. The van der Waals surface area contributed by atoms with Crippen LogP contribution >= 0.6 is 58.2 Å². The maximum absolute atomic E-state index is 13.5. The normalized spacial score (nSPS) is 16.7. The number of hydrogen-bond donors (Lipinski definition) is 1. The third-order valence-corrected chi connectivity index (χ3v) is 7.48. The summed E-state index contributed by atoms with van der Waals surface area (Å²) < 4.78 is 0. The van der Waals surface area contributed by atoms with Gasteiger partial charge in [-0.25, -0.2) is 0 Å². The van der Waals surface area contributed by atoms with E-state index in [-0.39, 0.29) is 22.9 Å². The minimum atomic E-state index is -0.648. The van der Waals surface area contributed by atoms with Crippen LogP contribution in [0.4, 0.5) is 11.4 Å². The summed E-state index contributed by atoms with van der Waals surface area (Å²) in [6.45, 7) is 0. The number of nitrogens with zero attached hydrogens (tertiary/aromatic N) is 2. The Morgan fingerprint density at radius 1 is 0.943 bits per heavy atom. The highest BCUT2D eigenvalue weighted by Crippen LogP contribution is 2.43. The van der Waals surface area contributed by atoms with Gasteiger partial charge in [-0.15, -0.1) is 0 Å². The molecule has 35 heavy (non-hydrogen) atoms. The molecule has 1 fully saturated rings. The third-order valence-electron chi connectivity index (χ3n) is 5.11. The minimum absolute atomic E-state index is 0.201. The molecule has 2 amide bonds. The molecule has 0 unspecified atom stereocenters. The first-order valence-corrected chi connectivity index (χ1v) is 12.6. The van der Waals surface area contributed by atoms with Gasteiger partial charge in [0, 0.05) is 31.5 Å². The Kier molecular flexibility index (Phi) is 7.95. The molecule has 1 heterocycles. The van der Waals surface area contributed by atoms with Crippen LogP contribution in [-0.2, 0) is 16.0 Å². The second-order valence-corrected chi connectivity index (χ2v) is 10.4. The van der Waals surface area contributed by atoms with Crippen LogP contribution in [0, 0.1) is 11.3 Å². The Morgan fingerprint density at radius 3 is 2.17 bits per heavy atom. The van der Waals surface area contributed by atoms with Crippen LogP contribution in [0.15, 0.2) is 77.3 Å². The lowest BCUT2D eigenvalue weighted by molar-refractivity contribution is -0.117. The Bertz CT molecular complexity index is 1370. The van der Waals surface area contributed by atoms with Crippen LogP contribution in [0.25, 0.3) is 0 Å². The first kappa shape index (κ1) is 25.4. The first-order chi connectivity index (χ1) is 16.8. The molecule has 176 valence electrons. The number of rotatable bonds is 5. The summed E-state index contributed by atoms with van der Waals surface area (Å²) in [4.78, 5) is 28.0. The maximum Gasteiger partial charge on any atom is 0.269 e. The van der Waals surface area contributed by atoms with Crippen LogP contribution in [0.1, 0.15) is 5.56 Å². The Morgan fingerprint density at radius 2 is 1.54 bits per heavy atom. The van der Waals surface area contributed by atoms with Crippen molar-refractivity contribution in [2.24, 2.45) is 0 Å². The third kappa shape index (κ3) is 5.78. The molecule has 1 atom stereocenters. The van der Waals surface area contributed by atoms with Crippen molar-refractivity contribution in [2.75, 3.05) is 10.2 Å². The summed E-state index contributed by atoms with van der Waals surface area (Å²) in [6, 6.07) is 20.0. The highest BCUT2D eigenvalue weighted by Gasteiger charge is 2.41. The lowest BCUT2D eigenvalue weighted by atomic mass is 10.1. The van der Waals surface area contributed by atoms with E-state index in [9.17, 15) is 14.9 Å². The molecule has 0 radical (unpaired) electrons. The number of carbonyl (C=O) groups is 2. The largest absolute Gasteiger partial charge is 0.321 e. The Hall–Kier alpha value is -2.66. The molecule has 3 aromatic rings. The zero-order valence-electron chi connectivity index (χ0n) is 17.8. The van der Waals surface area contributed by atoms with Gasteiger partial charge in [-0.1, -0.05) is 58.2 Å². The number of anilines is 2. The molecule has 1 aliphatic heterocycles. The zero-order chi connectivity index (χ0) is 25.1. The van der Waals surface area contributed by atoms with Gasteiger partial charge >= 0.3 is 0 Å². The van der Waals surface area contributed by atoms with E-state index in [0.29, 0.717) is 37.0 Å². The molecular formula is C25H15Cl4N3O2S. The summed E-state index contributed by atoms with van der Waals surface area (Å²) >= 11 is 25.5. The molecule has 1 aliphatic rings. The summed E-state index contributed by atoms with van der Waals surface area (Å²) in [5.74, 6) is -0.944. The van der Waals surface area contributed by atoms with Crippen molar-refractivity contribution in [3.05, 3.63) is 103 Å². The lowest BCUT2D eigenvalue weighted by Gasteiger charge is -2.19. The van der Waals surface area contributed by atoms with Crippen molar-refractivity contribution in [1.82, 2.24) is 0 Å². The Labute approximate surface area is 226 Å². The van der Waals surface area contributed by atoms with E-state index >= 15 is 0 Å². The predicted octanol–water partition coefficient (Wildman–Crippen LogP) is 7.37. The van der Waals surface area contributed by atoms with Crippen molar-refractivity contribution in [3.63, 3.8) is 0 Å². The monoisotopic (exact) mass is 561 g/mol. The number of nitriles is 1. The topological polar surface area (TPSA) is 73.2 Å². The zero-order valence-corrected chi connectivity index (χ0v) is 21.6. The molecule has 5 nitrogen and oxygen atoms in total. The fourth-order valence-electron chi connectivity index (χ4n) is 3.44. The number of nitrogens with one attached hydrogen (secondary N) is 1. The maximum atomic E-state index is 13.5. The summed E-state index contributed by atoms with van der Waals surface area (Å²) in [6.07, 6.45) is 0.258. The van der Waals surface area contributed by atoms with Crippen LogP contribution in [0.5, 0.6) is 0 Å². The Balaban J connectivity index is 1.73. The molecule has 0 bridgehead atoms. The van der Waals surface area contributed by atoms with Gasteiger partial charge in [-0.2, -0.15) is 5.26 Å². The number of amides is 2. The summed E-state index contributed by atoms with van der Waals surface area (Å²) in [5.41, 5.74) is 1.43. The summed E-state index contributed by atoms with van der Waals surface area (Å²) in [5, 5.41) is 14.2. The first-order valence-electron chi connectivity index (χ1n) is 10.2. The second-order valence-electron chi connectivity index (χ2n) is 7.45. The van der Waals surface area contributed by atoms with Gasteiger partial charge in [-0.3, -0.25) is 14.5 Å². The van der Waals surface area contributed by atoms with E-state index in [1.165, 1.54) is 4.90 Å². The predicted molar refractivity (Wildman–Crippen MR) is 143 cm³/mol. The lowest BCUT2D eigenvalue weighted by Crippen LogP contribution is -2.31. The van der Waals surface area contributed by atoms with Crippen molar-refractivity contribution < 1.29 is 9.59 Å². The van der Waals surface area contributed by atoms with Gasteiger partial charge in [0.25, 0.3) is 5.91 Å². The smallest absolute Gasteiger partial charge is 0.269 e. The van der Waals surface area contributed by atoms with Crippen LogP contribution in [0.2, 0.25) is 20.1 Å². The van der Waals surface area contributed by atoms with Gasteiger partial charge in [0.05, 0.1) is 5.25 Å². The number of halogens is 4. The average Bonchev–Trinajstić information content (AvgIpc) is 3.14. The van der Waals surface area contributed by atoms with Gasteiger partial charge in [-0.05, 0) is 78.7 Å². The molecule has 0 aromatic heterocycles. The van der Waals surface area contributed by atoms with Crippen LogP contribution < -0.4 is 10.2 Å². The molecule has 4 rings (SSSR count). The van der Waals surface area contributed by atoms with E-state index < -0.39 is 11.2 Å². The highest BCUT2D eigenvalue weighted by atomic mass is 35.5. The molecule has 1 saturated heterocycles. The fraction of sp³-hybridized carbons (Fsp3) is 0.0800. The number of hydrogen-bond acceptors (Lipinski definition) is 4. The van der Waals surface area contributed by atoms with E-state index in [2.05, 4.69) is 5.32 Å². The van der Waals surface area contributed by atoms with E-state index in [1.807, 2.05) is 6.07 Å². The van der Waals surface area contributed by atoms with Crippen LogP contribution in [0.3, 0.4) is 0 Å². The van der Waals surface area contributed by atoms with Crippen molar-refractivity contribution in [1.29, 1.82) is 5.26 Å². The number of thioether (sulfide) groups is 1. The highest BCUT2D eigenvalue weighted by molar-refractivity contribution is 8.05. The number of benzene rings is 3. The van der Waals surface area contributed by atoms with Gasteiger partial charge in [0.1, 0.15) is 16.7 Å². The summed E-state index contributed by atoms with van der Waals surface area (Å²) in [7, 11) is 0. The average molecular weight is 563 g/mol. The molecule has 10 heteroatoms. The molecule has 3 aromatic carbocycles. The van der Waals surface area contributed by atoms with E-state index in [1.54, 1.807) is 66.7 Å². The molecule has 0 spiro atoms. The van der Waals surface area contributed by atoms with E-state index in [0.717, 1.165) is 11.8 Å². The van der Waals surface area contributed by atoms with Gasteiger partial charge < -0.3 is 5.32 Å². The van der Waals surface area contributed by atoms with Crippen molar-refractivity contribution in [3.8, 4) is 6.07 Å². The second kappa shape index (κ2) is 10.9. The fourth-order valence-corrected chi connectivity index (χ4v) is 5.38. The molecule has 1 N–H and O–H groups in total. The van der Waals surface area contributed by atoms with E-state index in [4.69, 9.17) is 46.4 Å². The van der Waals surface area contributed by atoms with Gasteiger partial charge in [0.15, 0.2) is 0 Å². The van der Waals surface area contributed by atoms with Gasteiger partial charge in [0.2, 0.25) is 5.91 Å². The van der Waals surface area contributed by atoms with Crippen LogP contribution in [-0.4, -0.2) is 17.1 Å². The minimum Gasteiger partial charge on any atom is -0.321 e. The molecule has 0 aliphatic carbocycles. The molecular weight excluding hydrogens is 548 g/mol. The quantitative estimate of drug-likeness (QED) is 0.260. The van der Waals surface area contributed by atoms with Crippen molar-refractivity contribution in [2.45, 2.75) is 11.7 Å². The van der Waals surface area contributed by atoms with Crippen molar-refractivity contribution >= 4 is 81.4 Å². The standard InChI is InChI=1S/C25H15Cl4N3O2S/c26-15-1-6-18(7-2-15)31-23(33)20(13-30)25-32(19-8-3-16(27)4-9-19)24(34)22(35-25)12-14-11-17(28)5-10-21(14)29/h1-11,22H,12H2,(H,31,33)/b25-20-/t22-/m1/s1. The SMILES string of the molecule is N#C/C(C(=O)Nc1ccc(Cl)cc1)=C1/S[C@H](Cc2cc(Cl)ccc2Cl)C(=O)N1c1ccc(Cl)cc1.